The molecule has 0 amide bonds. The molecule has 0 atom stereocenters. The third-order valence-electron chi connectivity index (χ3n) is 6.96. The molecule has 5 rings (SSSR count). The number of allylic oxidation sites excluding steroid dienone is 2. The molecular formula is C34H32O5. The molecule has 0 saturated carbocycles. The highest BCUT2D eigenvalue weighted by Gasteiger charge is 2.21. The Morgan fingerprint density at radius 1 is 0.692 bits per heavy atom. The molecule has 0 fully saturated rings. The Morgan fingerprint density at radius 2 is 1.33 bits per heavy atom. The first kappa shape index (κ1) is 26.1. The van der Waals surface area contributed by atoms with Crippen molar-refractivity contribution < 1.29 is 23.7 Å². The van der Waals surface area contributed by atoms with Crippen LogP contribution in [0.2, 0.25) is 0 Å². The lowest BCUT2D eigenvalue weighted by Crippen LogP contribution is -2.05. The van der Waals surface area contributed by atoms with E-state index in [9.17, 15) is 4.79 Å². The lowest BCUT2D eigenvalue weighted by atomic mass is 9.95. The molecule has 198 valence electrons. The van der Waals surface area contributed by atoms with Crippen molar-refractivity contribution in [1.29, 1.82) is 0 Å². The van der Waals surface area contributed by atoms with Crippen LogP contribution in [0, 0.1) is 0 Å². The molecule has 0 aromatic heterocycles. The number of hydrogen-bond acceptors (Lipinski definition) is 5. The van der Waals surface area contributed by atoms with E-state index in [2.05, 4.69) is 12.1 Å². The van der Waals surface area contributed by atoms with E-state index in [4.69, 9.17) is 18.9 Å². The quantitative estimate of drug-likeness (QED) is 0.200. The summed E-state index contributed by atoms with van der Waals surface area (Å²) in [5.74, 6) is 2.12. The molecule has 0 unspecified atom stereocenters. The maximum absolute atomic E-state index is 12.9. The highest BCUT2D eigenvalue weighted by Crippen LogP contribution is 2.43. The van der Waals surface area contributed by atoms with Gasteiger partial charge in [-0.25, -0.2) is 4.79 Å². The maximum atomic E-state index is 12.9. The van der Waals surface area contributed by atoms with Crippen LogP contribution in [0.3, 0.4) is 0 Å². The summed E-state index contributed by atoms with van der Waals surface area (Å²) in [5, 5.41) is 0. The zero-order chi connectivity index (χ0) is 27.0. The summed E-state index contributed by atoms with van der Waals surface area (Å²) in [5.41, 5.74) is 7.20. The first-order chi connectivity index (χ1) is 19.1. The number of esters is 1. The van der Waals surface area contributed by atoms with Crippen LogP contribution in [-0.4, -0.2) is 20.2 Å². The first-order valence-electron chi connectivity index (χ1n) is 13.1. The van der Waals surface area contributed by atoms with Crippen LogP contribution in [0.1, 0.15) is 51.9 Å². The number of para-hydroxylation sites is 1. The Morgan fingerprint density at radius 3 is 2.03 bits per heavy atom. The van der Waals surface area contributed by atoms with Crippen LogP contribution in [0.15, 0.2) is 97.1 Å². The summed E-state index contributed by atoms with van der Waals surface area (Å²) >= 11 is 0. The van der Waals surface area contributed by atoms with E-state index in [1.54, 1.807) is 20.3 Å². The largest absolute Gasteiger partial charge is 0.497 e. The minimum atomic E-state index is -0.337. The Bertz CT molecular complexity index is 1450. The summed E-state index contributed by atoms with van der Waals surface area (Å²) in [6.07, 6.45) is 2.97. The lowest BCUT2D eigenvalue weighted by Gasteiger charge is -2.15. The smallest absolute Gasteiger partial charge is 0.338 e. The van der Waals surface area contributed by atoms with Crippen molar-refractivity contribution in [3.63, 3.8) is 0 Å². The predicted molar refractivity (Wildman–Crippen MR) is 153 cm³/mol. The fourth-order valence-corrected chi connectivity index (χ4v) is 4.87. The van der Waals surface area contributed by atoms with Gasteiger partial charge in [0.25, 0.3) is 0 Å². The molecule has 0 radical (unpaired) electrons. The van der Waals surface area contributed by atoms with Crippen molar-refractivity contribution in [2.75, 3.05) is 14.2 Å². The Kier molecular flexibility index (Phi) is 8.27. The van der Waals surface area contributed by atoms with Crippen LogP contribution in [0.5, 0.6) is 17.2 Å². The van der Waals surface area contributed by atoms with E-state index in [1.165, 1.54) is 11.1 Å². The molecule has 5 heteroatoms. The van der Waals surface area contributed by atoms with Gasteiger partial charge in [0.1, 0.15) is 30.5 Å². The first-order valence-corrected chi connectivity index (χ1v) is 13.1. The van der Waals surface area contributed by atoms with E-state index >= 15 is 0 Å². The molecule has 4 aromatic rings. The second-order valence-corrected chi connectivity index (χ2v) is 9.45. The van der Waals surface area contributed by atoms with E-state index in [0.717, 1.165) is 58.8 Å². The molecule has 0 spiro atoms. The maximum Gasteiger partial charge on any atom is 0.338 e. The Hall–Kier alpha value is -4.51. The average molecular weight is 521 g/mol. The Labute approximate surface area is 229 Å². The number of benzene rings is 4. The van der Waals surface area contributed by atoms with Crippen molar-refractivity contribution in [2.45, 2.75) is 32.5 Å². The number of rotatable bonds is 10. The van der Waals surface area contributed by atoms with Crippen LogP contribution in [0.4, 0.5) is 0 Å². The molecule has 0 bridgehead atoms. The molecule has 4 aromatic carbocycles. The zero-order valence-corrected chi connectivity index (χ0v) is 22.3. The highest BCUT2D eigenvalue weighted by molar-refractivity contribution is 5.96. The molecule has 0 aliphatic heterocycles. The van der Waals surface area contributed by atoms with E-state index in [-0.39, 0.29) is 12.6 Å². The van der Waals surface area contributed by atoms with Crippen LogP contribution in [-0.2, 0) is 18.0 Å². The van der Waals surface area contributed by atoms with Gasteiger partial charge in [-0.2, -0.15) is 0 Å². The fraction of sp³-hybridized carbons (Fsp3) is 0.206. The lowest BCUT2D eigenvalue weighted by molar-refractivity contribution is 0.0472. The molecule has 0 saturated heterocycles. The topological polar surface area (TPSA) is 54.0 Å². The summed E-state index contributed by atoms with van der Waals surface area (Å²) in [4.78, 5) is 12.9. The van der Waals surface area contributed by atoms with Gasteiger partial charge in [0.2, 0.25) is 0 Å². The molecular weight excluding hydrogens is 488 g/mol. The van der Waals surface area contributed by atoms with Gasteiger partial charge in [-0.15, -0.1) is 0 Å². The number of ether oxygens (including phenoxy) is 4. The van der Waals surface area contributed by atoms with Crippen LogP contribution < -0.4 is 14.2 Å². The van der Waals surface area contributed by atoms with Gasteiger partial charge in [0.05, 0.1) is 19.8 Å². The second kappa shape index (κ2) is 12.4. The average Bonchev–Trinajstić information content (AvgIpc) is 3.49. The van der Waals surface area contributed by atoms with Crippen molar-refractivity contribution in [1.82, 2.24) is 0 Å². The summed E-state index contributed by atoms with van der Waals surface area (Å²) < 4.78 is 22.3. The van der Waals surface area contributed by atoms with Gasteiger partial charge in [-0.3, -0.25) is 0 Å². The highest BCUT2D eigenvalue weighted by atomic mass is 16.5. The van der Waals surface area contributed by atoms with E-state index < -0.39 is 0 Å². The second-order valence-electron chi connectivity index (χ2n) is 9.45. The third kappa shape index (κ3) is 6.32. The van der Waals surface area contributed by atoms with Gasteiger partial charge in [-0.05, 0) is 89.6 Å². The molecule has 39 heavy (non-hydrogen) atoms. The van der Waals surface area contributed by atoms with Crippen molar-refractivity contribution in [3.05, 3.63) is 125 Å². The minimum Gasteiger partial charge on any atom is -0.497 e. The number of carbonyl (C=O) groups excluding carboxylic acids is 1. The molecule has 1 aliphatic rings. The van der Waals surface area contributed by atoms with Gasteiger partial charge >= 0.3 is 5.97 Å². The van der Waals surface area contributed by atoms with Crippen LogP contribution in [0.25, 0.3) is 11.1 Å². The van der Waals surface area contributed by atoms with Gasteiger partial charge in [-0.1, -0.05) is 54.6 Å². The monoisotopic (exact) mass is 520 g/mol. The SMILES string of the molecule is COc1ccc(COC(=O)c2cccc(C3=C(c4ccccc4OCc4ccc(OC)cc4)CCC3)c2)cc1. The molecule has 0 N–H and O–H groups in total. The number of methoxy groups -OCH3 is 2. The summed E-state index contributed by atoms with van der Waals surface area (Å²) in [6, 6.07) is 31.4. The number of hydrogen-bond donors (Lipinski definition) is 0. The van der Waals surface area contributed by atoms with Gasteiger partial charge in [0.15, 0.2) is 0 Å². The summed E-state index contributed by atoms with van der Waals surface area (Å²) in [6.45, 7) is 0.680. The fourth-order valence-electron chi connectivity index (χ4n) is 4.87. The standard InChI is InChI=1S/C34H32O5/c1-36-28-17-13-24(14-18-28)22-38-33-12-4-3-9-32(33)31-11-6-10-30(31)26-7-5-8-27(21-26)34(35)39-23-25-15-19-29(37-2)20-16-25/h3-5,7-9,12-21H,6,10-11,22-23H2,1-2H3. The van der Waals surface area contributed by atoms with Crippen LogP contribution >= 0.6 is 0 Å². The van der Waals surface area contributed by atoms with Crippen molar-refractivity contribution >= 4 is 17.1 Å². The van der Waals surface area contributed by atoms with Gasteiger partial charge in [0, 0.05) is 5.56 Å². The van der Waals surface area contributed by atoms with Crippen molar-refractivity contribution in [2.24, 2.45) is 0 Å². The zero-order valence-electron chi connectivity index (χ0n) is 22.3. The Balaban J connectivity index is 1.33. The molecule has 1 aliphatic carbocycles. The third-order valence-corrected chi connectivity index (χ3v) is 6.96. The van der Waals surface area contributed by atoms with E-state index in [1.807, 2.05) is 78.9 Å². The normalized spacial score (nSPS) is 12.8. The predicted octanol–water partition coefficient (Wildman–Crippen LogP) is 7.73. The van der Waals surface area contributed by atoms with E-state index in [0.29, 0.717) is 12.2 Å². The summed E-state index contributed by atoms with van der Waals surface area (Å²) in [7, 11) is 3.29. The molecule has 0 heterocycles. The van der Waals surface area contributed by atoms with Gasteiger partial charge < -0.3 is 18.9 Å². The molecule has 5 nitrogen and oxygen atoms in total. The number of carbonyl (C=O) groups is 1. The minimum absolute atomic E-state index is 0.208. The van der Waals surface area contributed by atoms with Crippen molar-refractivity contribution in [3.8, 4) is 17.2 Å².